The fourth-order valence-corrected chi connectivity index (χ4v) is 12.1. The number of nitro benzene ring substituents is 1. The Morgan fingerprint density at radius 3 is 1.80 bits per heavy atom. The van der Waals surface area contributed by atoms with Crippen LogP contribution in [0.4, 0.5) is 5.69 Å². The zero-order valence-electron chi connectivity index (χ0n) is 22.4. The molecule has 1 unspecified atom stereocenters. The van der Waals surface area contributed by atoms with Crippen molar-refractivity contribution in [3.05, 3.63) is 167 Å². The van der Waals surface area contributed by atoms with Crippen molar-refractivity contribution in [2.75, 3.05) is 0 Å². The Labute approximate surface area is 240 Å². The molecular weight excluding hydrogens is 520 g/mol. The first kappa shape index (κ1) is 25.0. The van der Waals surface area contributed by atoms with Crippen molar-refractivity contribution in [1.82, 2.24) is 4.57 Å². The molecule has 0 radical (unpaired) electrons. The predicted molar refractivity (Wildman–Crippen MR) is 170 cm³/mol. The first-order valence-electron chi connectivity index (χ1n) is 13.9. The van der Waals surface area contributed by atoms with Crippen LogP contribution in [-0.4, -0.2) is 17.6 Å². The second-order valence-corrected chi connectivity index (χ2v) is 14.7. The highest BCUT2D eigenvalue weighted by Gasteiger charge is 2.46. The Kier molecular flexibility index (Phi) is 6.21. The molecule has 0 N–H and O–H groups in total. The van der Waals surface area contributed by atoms with E-state index in [1.807, 2.05) is 12.1 Å². The van der Waals surface area contributed by atoms with Crippen molar-refractivity contribution in [3.8, 4) is 5.69 Å². The number of nitrogens with zero attached hydrogens (tertiary/aromatic N) is 2. The number of rotatable bonds is 6. The van der Waals surface area contributed by atoms with Gasteiger partial charge in [0.05, 0.1) is 10.4 Å². The second-order valence-electron chi connectivity index (χ2n) is 10.6. The van der Waals surface area contributed by atoms with Gasteiger partial charge in [-0.05, 0) is 57.4 Å². The smallest absolute Gasteiger partial charge is 0.269 e. The third-order valence-corrected chi connectivity index (χ3v) is 13.7. The van der Waals surface area contributed by atoms with Gasteiger partial charge in [-0.25, -0.2) is 0 Å². The molecule has 4 nitrogen and oxygen atoms in total. The third-order valence-electron chi connectivity index (χ3n) is 8.49. The molecule has 0 bridgehead atoms. The van der Waals surface area contributed by atoms with E-state index in [2.05, 4.69) is 132 Å². The van der Waals surface area contributed by atoms with Gasteiger partial charge in [-0.1, -0.05) is 115 Å². The molecule has 5 heteroatoms. The summed E-state index contributed by atoms with van der Waals surface area (Å²) in [6, 6.07) is 48.1. The Balaban J connectivity index is 1.49. The quantitative estimate of drug-likeness (QED) is 0.101. The fourth-order valence-electron chi connectivity index (χ4n) is 6.75. The van der Waals surface area contributed by atoms with Gasteiger partial charge in [-0.3, -0.25) is 10.1 Å². The summed E-state index contributed by atoms with van der Waals surface area (Å²) in [5.74, 6) is 0. The minimum atomic E-state index is -2.73. The van der Waals surface area contributed by atoms with E-state index in [0.717, 1.165) is 12.1 Å². The summed E-state index contributed by atoms with van der Waals surface area (Å²) in [7, 11) is -2.73. The molecule has 0 amide bonds. The van der Waals surface area contributed by atoms with Gasteiger partial charge in [0.25, 0.3) is 5.69 Å². The minimum Gasteiger partial charge on any atom is -0.310 e. The van der Waals surface area contributed by atoms with Crippen LogP contribution in [0.5, 0.6) is 0 Å². The van der Waals surface area contributed by atoms with Gasteiger partial charge < -0.3 is 4.57 Å². The molecule has 0 fully saturated rings. The van der Waals surface area contributed by atoms with Crippen LogP contribution < -0.4 is 15.6 Å². The summed E-state index contributed by atoms with van der Waals surface area (Å²) in [4.78, 5) is 11.3. The van der Waals surface area contributed by atoms with Gasteiger partial charge in [0.1, 0.15) is 0 Å². The van der Waals surface area contributed by atoms with E-state index in [1.54, 1.807) is 12.1 Å². The molecule has 41 heavy (non-hydrogen) atoms. The van der Waals surface area contributed by atoms with Crippen LogP contribution in [-0.2, 0) is 6.42 Å². The fraction of sp³-hybridized carbons (Fsp3) is 0.0556. The minimum absolute atomic E-state index is 0.116. The van der Waals surface area contributed by atoms with Crippen LogP contribution in [0.25, 0.3) is 22.7 Å². The van der Waals surface area contributed by atoms with Crippen molar-refractivity contribution in [3.63, 3.8) is 0 Å². The van der Waals surface area contributed by atoms with Crippen LogP contribution >= 0.6 is 0 Å². The number of hydrogen-bond donors (Lipinski definition) is 0. The van der Waals surface area contributed by atoms with Gasteiger partial charge >= 0.3 is 0 Å². The molecule has 1 atom stereocenters. The molecular formula is C36H28N2O2Si. The maximum Gasteiger partial charge on any atom is 0.269 e. The third kappa shape index (κ3) is 4.05. The van der Waals surface area contributed by atoms with Crippen LogP contribution in [0.1, 0.15) is 11.3 Å². The number of nitro groups is 1. The van der Waals surface area contributed by atoms with E-state index in [0.29, 0.717) is 0 Å². The summed E-state index contributed by atoms with van der Waals surface area (Å²) in [5, 5.41) is 16.6. The molecule has 1 aliphatic carbocycles. The van der Waals surface area contributed by atoms with Crippen molar-refractivity contribution < 1.29 is 4.92 Å². The van der Waals surface area contributed by atoms with Crippen molar-refractivity contribution in [2.24, 2.45) is 0 Å². The average molecular weight is 549 g/mol. The average Bonchev–Trinajstić information content (AvgIpc) is 3.37. The normalized spacial score (nSPS) is 14.6. The lowest BCUT2D eigenvalue weighted by Gasteiger charge is -2.40. The second kappa shape index (κ2) is 10.2. The summed E-state index contributed by atoms with van der Waals surface area (Å²) >= 11 is 0. The maximum atomic E-state index is 11.6. The molecule has 5 aromatic carbocycles. The molecule has 1 aliphatic rings. The Bertz CT molecular complexity index is 1840. The van der Waals surface area contributed by atoms with Crippen molar-refractivity contribution >= 4 is 46.3 Å². The molecule has 1 aromatic heterocycles. The Morgan fingerprint density at radius 1 is 0.659 bits per heavy atom. The van der Waals surface area contributed by atoms with Crippen LogP contribution in [0.2, 0.25) is 5.54 Å². The van der Waals surface area contributed by atoms with E-state index >= 15 is 0 Å². The number of benzene rings is 5. The molecule has 7 rings (SSSR count). The number of para-hydroxylation sites is 2. The van der Waals surface area contributed by atoms with E-state index in [4.69, 9.17) is 0 Å². The molecule has 1 heterocycles. The van der Waals surface area contributed by atoms with Gasteiger partial charge in [0.2, 0.25) is 0 Å². The lowest BCUT2D eigenvalue weighted by molar-refractivity contribution is -0.384. The maximum absolute atomic E-state index is 11.6. The zero-order chi connectivity index (χ0) is 27.8. The predicted octanol–water partition coefficient (Wildman–Crippen LogP) is 6.65. The molecule has 0 saturated carbocycles. The number of hydrogen-bond acceptors (Lipinski definition) is 2. The van der Waals surface area contributed by atoms with Gasteiger partial charge in [0.15, 0.2) is 8.07 Å². The molecule has 0 aliphatic heterocycles. The summed E-state index contributed by atoms with van der Waals surface area (Å²) in [6.45, 7) is 0. The molecule has 0 spiro atoms. The monoisotopic (exact) mass is 548 g/mol. The summed E-state index contributed by atoms with van der Waals surface area (Å²) < 4.78 is 2.37. The van der Waals surface area contributed by atoms with Crippen LogP contribution in [0, 0.1) is 10.1 Å². The van der Waals surface area contributed by atoms with Gasteiger partial charge in [-0.15, -0.1) is 0 Å². The lowest BCUT2D eigenvalue weighted by atomic mass is 10.0. The highest BCUT2D eigenvalue weighted by molar-refractivity contribution is 7.12. The van der Waals surface area contributed by atoms with Gasteiger partial charge in [-0.2, -0.15) is 0 Å². The van der Waals surface area contributed by atoms with Crippen LogP contribution in [0.15, 0.2) is 146 Å². The highest BCUT2D eigenvalue weighted by Crippen LogP contribution is 2.40. The zero-order valence-corrected chi connectivity index (χ0v) is 23.4. The highest BCUT2D eigenvalue weighted by atomic mass is 28.3. The van der Waals surface area contributed by atoms with E-state index in [-0.39, 0.29) is 16.2 Å². The van der Waals surface area contributed by atoms with E-state index < -0.39 is 8.07 Å². The first-order chi connectivity index (χ1) is 20.2. The largest absolute Gasteiger partial charge is 0.310 e. The van der Waals surface area contributed by atoms with E-state index in [1.165, 1.54) is 37.7 Å². The number of non-ortho nitro benzene ring substituents is 1. The number of fused-ring (bicyclic) bond motifs is 3. The van der Waals surface area contributed by atoms with Crippen LogP contribution in [0.3, 0.4) is 0 Å². The van der Waals surface area contributed by atoms with E-state index in [9.17, 15) is 10.1 Å². The standard InChI is InChI=1S/C36H28N2O2Si/c39-38(40)28-20-22-31(23-21-28)41(29-14-6-2-7-15-29,30-16-8-3-9-17-30)32-24-25-36-34(26-32)33-18-10-11-19-35(33)37(36)27-12-4-1-5-13-27/h1-25,32H,26H2. The number of aromatic nitrogens is 1. The molecule has 198 valence electrons. The van der Waals surface area contributed by atoms with Crippen molar-refractivity contribution in [2.45, 2.75) is 12.0 Å². The Hall–Kier alpha value is -5.00. The van der Waals surface area contributed by atoms with Gasteiger partial charge in [0, 0.05) is 28.9 Å². The van der Waals surface area contributed by atoms with Crippen molar-refractivity contribution in [1.29, 1.82) is 0 Å². The summed E-state index contributed by atoms with van der Waals surface area (Å²) in [5.41, 5.74) is 5.24. The lowest BCUT2D eigenvalue weighted by Crippen LogP contribution is -2.70. The number of allylic oxidation sites excluding steroid dienone is 1. The Morgan fingerprint density at radius 2 is 1.20 bits per heavy atom. The summed E-state index contributed by atoms with van der Waals surface area (Å²) in [6.07, 6.45) is 5.60. The first-order valence-corrected chi connectivity index (χ1v) is 16.0. The topological polar surface area (TPSA) is 48.1 Å². The molecule has 0 saturated heterocycles. The molecule has 6 aromatic rings. The SMILES string of the molecule is O=[N+]([O-])c1ccc([Si](c2ccccc2)(c2ccccc2)C2C=Cc3c(c4ccccc4n3-c3ccccc3)C2)cc1.